The first kappa shape index (κ1) is 18.8. The maximum Gasteiger partial charge on any atom is 0.236 e. The van der Waals surface area contributed by atoms with Crippen molar-refractivity contribution in [1.82, 2.24) is 0 Å². The number of carbonyl (C=O) groups is 1. The van der Waals surface area contributed by atoms with E-state index in [1.165, 1.54) is 5.69 Å². The van der Waals surface area contributed by atoms with Crippen LogP contribution in [0.1, 0.15) is 33.3 Å². The molecule has 1 fully saturated rings. The van der Waals surface area contributed by atoms with Gasteiger partial charge >= 0.3 is 0 Å². The van der Waals surface area contributed by atoms with Gasteiger partial charge in [0, 0.05) is 42.9 Å². The van der Waals surface area contributed by atoms with E-state index in [2.05, 4.69) is 54.4 Å². The number of morpholine rings is 1. The van der Waals surface area contributed by atoms with Crippen molar-refractivity contribution in [3.63, 3.8) is 0 Å². The zero-order chi connectivity index (χ0) is 20.1. The lowest BCUT2D eigenvalue weighted by atomic mass is 9.86. The molecule has 0 radical (unpaired) electrons. The molecule has 1 N–H and O–H groups in total. The van der Waals surface area contributed by atoms with Gasteiger partial charge < -0.3 is 19.9 Å². The van der Waals surface area contributed by atoms with Crippen molar-refractivity contribution < 1.29 is 9.53 Å². The molecule has 0 aromatic heterocycles. The molecule has 2 aliphatic rings. The van der Waals surface area contributed by atoms with E-state index in [1.807, 2.05) is 33.0 Å². The summed E-state index contributed by atoms with van der Waals surface area (Å²) in [4.78, 5) is 16.6. The van der Waals surface area contributed by atoms with E-state index in [4.69, 9.17) is 4.74 Å². The number of hydrogen-bond donors (Lipinski definition) is 1. The Hall–Kier alpha value is -2.53. The first-order valence-electron chi connectivity index (χ1n) is 9.96. The fraction of sp³-hybridized carbons (Fsp3) is 0.435. The van der Waals surface area contributed by atoms with Crippen molar-refractivity contribution in [2.75, 3.05) is 35.3 Å². The van der Waals surface area contributed by atoms with Gasteiger partial charge in [-0.05, 0) is 75.7 Å². The van der Waals surface area contributed by atoms with Crippen LogP contribution in [0.15, 0.2) is 42.5 Å². The molecule has 5 heteroatoms. The van der Waals surface area contributed by atoms with Gasteiger partial charge in [0.2, 0.25) is 5.91 Å². The summed E-state index contributed by atoms with van der Waals surface area (Å²) in [5.41, 5.74) is 4.82. The Morgan fingerprint density at radius 3 is 2.25 bits per heavy atom. The Bertz CT molecular complexity index is 881. The molecule has 2 aliphatic heterocycles. The minimum Gasteiger partial charge on any atom is -0.372 e. The zero-order valence-corrected chi connectivity index (χ0v) is 17.3. The predicted molar refractivity (Wildman–Crippen MR) is 115 cm³/mol. The molecule has 5 nitrogen and oxygen atoms in total. The van der Waals surface area contributed by atoms with E-state index in [9.17, 15) is 4.79 Å². The molecular formula is C23H29N3O2. The van der Waals surface area contributed by atoms with Crippen LogP contribution in [0, 0.1) is 0 Å². The molecule has 4 rings (SSSR count). The van der Waals surface area contributed by atoms with Crippen molar-refractivity contribution in [2.24, 2.45) is 0 Å². The van der Waals surface area contributed by atoms with Crippen LogP contribution in [-0.4, -0.2) is 38.3 Å². The number of anilines is 4. The highest BCUT2D eigenvalue weighted by Crippen LogP contribution is 2.42. The summed E-state index contributed by atoms with van der Waals surface area (Å²) in [6.45, 7) is 10.0. The van der Waals surface area contributed by atoms with Crippen LogP contribution in [0.2, 0.25) is 0 Å². The van der Waals surface area contributed by atoms with E-state index < -0.39 is 5.41 Å². The second-order valence-electron chi connectivity index (χ2n) is 8.56. The summed E-state index contributed by atoms with van der Waals surface area (Å²) < 4.78 is 5.83. The second kappa shape index (κ2) is 6.82. The van der Waals surface area contributed by atoms with E-state index in [0.717, 1.165) is 35.7 Å². The van der Waals surface area contributed by atoms with E-state index in [0.29, 0.717) is 0 Å². The fourth-order valence-corrected chi connectivity index (χ4v) is 4.36. The third-order valence-electron chi connectivity index (χ3n) is 5.81. The summed E-state index contributed by atoms with van der Waals surface area (Å²) in [7, 11) is 1.84. The number of amides is 1. The SMILES string of the molecule is CC1CN(c2ccc(Nc3ccc4c(c3)C(C)(C)C(=O)N4C)cc2)CC(C)O1. The third-order valence-corrected chi connectivity index (χ3v) is 5.81. The van der Waals surface area contributed by atoms with Crippen molar-refractivity contribution in [1.29, 1.82) is 0 Å². The molecule has 0 saturated carbocycles. The summed E-state index contributed by atoms with van der Waals surface area (Å²) in [5, 5.41) is 3.48. The molecule has 148 valence electrons. The quantitative estimate of drug-likeness (QED) is 0.864. The first-order valence-corrected chi connectivity index (χ1v) is 9.96. The molecule has 2 atom stereocenters. The maximum atomic E-state index is 12.5. The molecule has 0 spiro atoms. The molecule has 0 aliphatic carbocycles. The first-order chi connectivity index (χ1) is 13.3. The molecule has 1 saturated heterocycles. The van der Waals surface area contributed by atoms with Gasteiger partial charge in [0.1, 0.15) is 0 Å². The van der Waals surface area contributed by atoms with Crippen LogP contribution >= 0.6 is 0 Å². The average molecular weight is 380 g/mol. The van der Waals surface area contributed by atoms with Crippen molar-refractivity contribution in [2.45, 2.75) is 45.3 Å². The Morgan fingerprint density at radius 2 is 1.61 bits per heavy atom. The summed E-state index contributed by atoms with van der Waals surface area (Å²) in [5.74, 6) is 0.137. The highest BCUT2D eigenvalue weighted by Gasteiger charge is 2.42. The van der Waals surface area contributed by atoms with Crippen LogP contribution in [-0.2, 0) is 14.9 Å². The number of rotatable bonds is 3. The number of hydrogen-bond acceptors (Lipinski definition) is 4. The van der Waals surface area contributed by atoms with Crippen molar-refractivity contribution in [3.8, 4) is 0 Å². The third kappa shape index (κ3) is 3.24. The molecule has 2 aromatic carbocycles. The molecule has 28 heavy (non-hydrogen) atoms. The van der Waals surface area contributed by atoms with Gasteiger partial charge in [0.15, 0.2) is 0 Å². The maximum absolute atomic E-state index is 12.5. The van der Waals surface area contributed by atoms with Crippen molar-refractivity contribution in [3.05, 3.63) is 48.0 Å². The number of nitrogens with zero attached hydrogens (tertiary/aromatic N) is 2. The van der Waals surface area contributed by atoms with Crippen LogP contribution in [0.5, 0.6) is 0 Å². The predicted octanol–water partition coefficient (Wildman–Crippen LogP) is 4.30. The summed E-state index contributed by atoms with van der Waals surface area (Å²) in [6.07, 6.45) is 0.495. The summed E-state index contributed by atoms with van der Waals surface area (Å²) in [6, 6.07) is 14.7. The topological polar surface area (TPSA) is 44.8 Å². The minimum absolute atomic E-state index is 0.137. The number of carbonyl (C=O) groups excluding carboxylic acids is 1. The van der Waals surface area contributed by atoms with Crippen LogP contribution in [0.25, 0.3) is 0 Å². The number of likely N-dealkylation sites (N-methyl/N-ethyl adjacent to an activating group) is 1. The molecule has 0 bridgehead atoms. The molecule has 1 amide bonds. The van der Waals surface area contributed by atoms with Crippen LogP contribution in [0.4, 0.5) is 22.7 Å². The fourth-order valence-electron chi connectivity index (χ4n) is 4.36. The van der Waals surface area contributed by atoms with E-state index in [-0.39, 0.29) is 18.1 Å². The number of nitrogens with one attached hydrogen (secondary N) is 1. The molecule has 2 aromatic rings. The molecular weight excluding hydrogens is 350 g/mol. The molecule has 2 heterocycles. The van der Waals surface area contributed by atoms with Gasteiger partial charge in [-0.15, -0.1) is 0 Å². The number of fused-ring (bicyclic) bond motifs is 1. The monoisotopic (exact) mass is 379 g/mol. The Kier molecular flexibility index (Phi) is 4.58. The van der Waals surface area contributed by atoms with Crippen LogP contribution in [0.3, 0.4) is 0 Å². The van der Waals surface area contributed by atoms with Crippen LogP contribution < -0.4 is 15.1 Å². The largest absolute Gasteiger partial charge is 0.372 e. The lowest BCUT2D eigenvalue weighted by Gasteiger charge is -2.36. The second-order valence-corrected chi connectivity index (χ2v) is 8.56. The lowest BCUT2D eigenvalue weighted by Crippen LogP contribution is -2.45. The smallest absolute Gasteiger partial charge is 0.236 e. The van der Waals surface area contributed by atoms with Gasteiger partial charge in [-0.2, -0.15) is 0 Å². The van der Waals surface area contributed by atoms with Crippen molar-refractivity contribution >= 4 is 28.7 Å². The highest BCUT2D eigenvalue weighted by molar-refractivity contribution is 6.07. The van der Waals surface area contributed by atoms with E-state index in [1.54, 1.807) is 4.90 Å². The van der Waals surface area contributed by atoms with Gasteiger partial charge in [-0.25, -0.2) is 0 Å². The Balaban J connectivity index is 1.52. The van der Waals surface area contributed by atoms with Gasteiger partial charge in [0.05, 0.1) is 17.6 Å². The lowest BCUT2D eigenvalue weighted by molar-refractivity contribution is -0.121. The minimum atomic E-state index is -0.491. The van der Waals surface area contributed by atoms with Gasteiger partial charge in [0.25, 0.3) is 0 Å². The zero-order valence-electron chi connectivity index (χ0n) is 17.3. The van der Waals surface area contributed by atoms with Gasteiger partial charge in [-0.1, -0.05) is 0 Å². The Morgan fingerprint density at radius 1 is 1.00 bits per heavy atom. The highest BCUT2D eigenvalue weighted by atomic mass is 16.5. The number of benzene rings is 2. The Labute approximate surface area is 167 Å². The standard InChI is InChI=1S/C23H29N3O2/c1-15-13-26(14-16(2)28-15)19-9-6-17(7-10-19)24-18-8-11-21-20(12-18)23(3,4)22(27)25(21)5/h6-12,15-16,24H,13-14H2,1-5H3. The molecule has 2 unspecified atom stereocenters. The van der Waals surface area contributed by atoms with E-state index >= 15 is 0 Å². The van der Waals surface area contributed by atoms with Gasteiger partial charge in [-0.3, -0.25) is 4.79 Å². The average Bonchev–Trinajstić information content (AvgIpc) is 2.82. The normalized spacial score (nSPS) is 23.7. The summed E-state index contributed by atoms with van der Waals surface area (Å²) >= 11 is 0. The number of ether oxygens (including phenoxy) is 1.